The SMILES string of the molecule is COc1ccc(NC(=O)COc2ccc(Br)cc2[C@H]2c3sc(=O)[nH]c3SC3C4CC(C5C(=O)N(c6ccc(C)cc6)C(=O)C45)C32)cc1. The zero-order chi connectivity index (χ0) is 32.6. The molecule has 3 aromatic carbocycles. The number of halogens is 1. The molecule has 7 atom stereocenters. The number of rotatable bonds is 7. The van der Waals surface area contributed by atoms with Crippen LogP contribution >= 0.6 is 39.0 Å². The van der Waals surface area contributed by atoms with Crippen LogP contribution in [0, 0.1) is 36.5 Å². The monoisotopic (exact) mass is 731 g/mol. The van der Waals surface area contributed by atoms with Crippen LogP contribution in [0.4, 0.5) is 11.4 Å². The van der Waals surface area contributed by atoms with Gasteiger partial charge < -0.3 is 19.8 Å². The van der Waals surface area contributed by atoms with Crippen molar-refractivity contribution < 1.29 is 23.9 Å². The normalized spacial score (nSPS) is 27.0. The molecule has 6 unspecified atom stereocenters. The Morgan fingerprint density at radius 2 is 1.72 bits per heavy atom. The smallest absolute Gasteiger partial charge is 0.305 e. The minimum absolute atomic E-state index is 0.00209. The Balaban J connectivity index is 1.12. The summed E-state index contributed by atoms with van der Waals surface area (Å²) in [5, 5.41) is 3.70. The number of benzene rings is 3. The Bertz CT molecular complexity index is 1980. The standard InChI is InChI=1S/C35H30BrN3O6S2/c1-16-3-8-19(9-4-16)39-33(41)28-22-14-23(29(28)34(39)42)30-27(22)26(31-32(46-30)38-35(43)47-31)21-13-17(36)5-12-24(21)45-15-25(40)37-18-6-10-20(44-2)11-7-18/h3-13,22-23,26-30H,14-15H2,1-2H3,(H,37,40)(H,38,43)/t22?,23?,26-,27?,28?,29?,30?/m1/s1. The van der Waals surface area contributed by atoms with E-state index in [9.17, 15) is 19.2 Å². The molecule has 240 valence electrons. The summed E-state index contributed by atoms with van der Waals surface area (Å²) >= 11 is 6.46. The highest BCUT2D eigenvalue weighted by molar-refractivity contribution is 9.10. The summed E-state index contributed by atoms with van der Waals surface area (Å²) in [6.45, 7) is 1.76. The van der Waals surface area contributed by atoms with Crippen molar-refractivity contribution in [2.24, 2.45) is 29.6 Å². The zero-order valence-corrected chi connectivity index (χ0v) is 28.6. The number of methoxy groups -OCH3 is 1. The average Bonchev–Trinajstić information content (AvgIpc) is 3.80. The first-order chi connectivity index (χ1) is 22.7. The summed E-state index contributed by atoms with van der Waals surface area (Å²) < 4.78 is 12.2. The fourth-order valence-corrected chi connectivity index (χ4v) is 11.5. The molecule has 1 saturated heterocycles. The Kier molecular flexibility index (Phi) is 7.57. The van der Waals surface area contributed by atoms with E-state index in [-0.39, 0.29) is 64.0 Å². The van der Waals surface area contributed by atoms with Crippen LogP contribution in [0.15, 0.2) is 81.0 Å². The van der Waals surface area contributed by atoms with Gasteiger partial charge in [-0.15, -0.1) is 11.8 Å². The number of amides is 3. The topological polar surface area (TPSA) is 118 Å². The molecular weight excluding hydrogens is 702 g/mol. The van der Waals surface area contributed by atoms with E-state index in [1.54, 1.807) is 43.1 Å². The summed E-state index contributed by atoms with van der Waals surface area (Å²) in [6.07, 6.45) is 0.779. The van der Waals surface area contributed by atoms with Crippen LogP contribution in [0.5, 0.6) is 11.5 Å². The lowest BCUT2D eigenvalue weighted by Crippen LogP contribution is -2.42. The Morgan fingerprint density at radius 3 is 2.45 bits per heavy atom. The van der Waals surface area contributed by atoms with E-state index >= 15 is 0 Å². The number of imide groups is 1. The Labute approximate surface area is 287 Å². The van der Waals surface area contributed by atoms with Gasteiger partial charge in [-0.1, -0.05) is 45.0 Å². The van der Waals surface area contributed by atoms with Crippen molar-refractivity contribution in [3.63, 3.8) is 0 Å². The van der Waals surface area contributed by atoms with Crippen LogP contribution in [0.3, 0.4) is 0 Å². The summed E-state index contributed by atoms with van der Waals surface area (Å²) in [5.41, 5.74) is 3.14. The van der Waals surface area contributed by atoms with Gasteiger partial charge in [-0.25, -0.2) is 0 Å². The summed E-state index contributed by atoms with van der Waals surface area (Å²) in [4.78, 5) is 58.9. The van der Waals surface area contributed by atoms with E-state index in [2.05, 4.69) is 26.2 Å². The highest BCUT2D eigenvalue weighted by Crippen LogP contribution is 2.69. The van der Waals surface area contributed by atoms with Crippen LogP contribution < -0.4 is 24.6 Å². The predicted molar refractivity (Wildman–Crippen MR) is 183 cm³/mol. The van der Waals surface area contributed by atoms with Crippen molar-refractivity contribution in [2.45, 2.75) is 29.5 Å². The molecule has 2 saturated carbocycles. The first kappa shape index (κ1) is 30.5. The van der Waals surface area contributed by atoms with Crippen molar-refractivity contribution in [1.82, 2.24) is 4.98 Å². The van der Waals surface area contributed by atoms with Crippen molar-refractivity contribution >= 4 is 68.1 Å². The molecule has 47 heavy (non-hydrogen) atoms. The number of thiazole rings is 1. The molecule has 2 aliphatic carbocycles. The number of hydrogen-bond donors (Lipinski definition) is 2. The average molecular weight is 733 g/mol. The number of H-pyrrole nitrogens is 1. The molecule has 2 aliphatic heterocycles. The van der Waals surface area contributed by atoms with Crippen LogP contribution in [0.1, 0.15) is 28.3 Å². The van der Waals surface area contributed by atoms with Gasteiger partial charge in [0.1, 0.15) is 11.5 Å². The molecule has 1 aromatic heterocycles. The minimum Gasteiger partial charge on any atom is -0.497 e. The van der Waals surface area contributed by atoms with Gasteiger partial charge in [0.15, 0.2) is 6.61 Å². The minimum atomic E-state index is -0.415. The number of thioether (sulfide) groups is 1. The second kappa shape index (κ2) is 11.7. The third-order valence-electron chi connectivity index (χ3n) is 10.1. The van der Waals surface area contributed by atoms with Crippen molar-refractivity contribution in [2.75, 3.05) is 23.9 Å². The van der Waals surface area contributed by atoms with Gasteiger partial charge >= 0.3 is 4.87 Å². The molecule has 0 radical (unpaired) electrons. The number of nitrogens with zero attached hydrogens (tertiary/aromatic N) is 1. The molecule has 4 aliphatic rings. The summed E-state index contributed by atoms with van der Waals surface area (Å²) in [7, 11) is 1.58. The molecule has 12 heteroatoms. The molecule has 2 N–H and O–H groups in total. The van der Waals surface area contributed by atoms with E-state index in [4.69, 9.17) is 9.47 Å². The maximum atomic E-state index is 14.1. The highest BCUT2D eigenvalue weighted by atomic mass is 79.9. The maximum Gasteiger partial charge on any atom is 0.305 e. The number of aryl methyl sites for hydroxylation is 1. The first-order valence-corrected chi connectivity index (χ1v) is 17.9. The van der Waals surface area contributed by atoms with E-state index in [0.29, 0.717) is 22.9 Å². The van der Waals surface area contributed by atoms with Gasteiger partial charge in [-0.3, -0.25) is 24.1 Å². The lowest BCUT2D eigenvalue weighted by molar-refractivity contribution is -0.123. The second-order valence-electron chi connectivity index (χ2n) is 12.6. The fraction of sp³-hybridized carbons (Fsp3) is 0.314. The molecule has 4 aromatic rings. The number of ether oxygens (including phenoxy) is 2. The predicted octanol–water partition coefficient (Wildman–Crippen LogP) is 6.21. The summed E-state index contributed by atoms with van der Waals surface area (Å²) in [6, 6.07) is 20.3. The first-order valence-electron chi connectivity index (χ1n) is 15.4. The van der Waals surface area contributed by atoms with Gasteiger partial charge in [-0.05, 0) is 85.7 Å². The third-order valence-corrected chi connectivity index (χ3v) is 13.1. The van der Waals surface area contributed by atoms with E-state index in [0.717, 1.165) is 31.9 Å². The number of aromatic amines is 1. The van der Waals surface area contributed by atoms with E-state index in [1.807, 2.05) is 49.4 Å². The van der Waals surface area contributed by atoms with Gasteiger partial charge in [0.05, 0.1) is 29.7 Å². The van der Waals surface area contributed by atoms with Crippen LogP contribution in [0.25, 0.3) is 0 Å². The molecule has 3 fully saturated rings. The molecule has 8 rings (SSSR count). The molecule has 9 nitrogen and oxygen atoms in total. The molecular formula is C35H30BrN3O6S2. The lowest BCUT2D eigenvalue weighted by atomic mass is 9.68. The van der Waals surface area contributed by atoms with Crippen molar-refractivity contribution in [1.29, 1.82) is 0 Å². The Morgan fingerprint density at radius 1 is 1.00 bits per heavy atom. The lowest BCUT2D eigenvalue weighted by Gasteiger charge is -2.43. The fourth-order valence-electron chi connectivity index (χ4n) is 8.22. The van der Waals surface area contributed by atoms with Crippen molar-refractivity contribution in [3.05, 3.63) is 96.9 Å². The summed E-state index contributed by atoms with van der Waals surface area (Å²) in [5.74, 6) is -0.456. The number of fused-ring (bicyclic) bond motifs is 9. The number of aromatic nitrogens is 1. The maximum absolute atomic E-state index is 14.1. The number of carbonyl (C=O) groups is 3. The number of carbonyl (C=O) groups excluding carboxylic acids is 3. The number of nitrogens with one attached hydrogen (secondary N) is 2. The quantitative estimate of drug-likeness (QED) is 0.217. The van der Waals surface area contributed by atoms with Crippen molar-refractivity contribution in [3.8, 4) is 11.5 Å². The zero-order valence-electron chi connectivity index (χ0n) is 25.4. The Hall–Kier alpha value is -3.87. The molecule has 2 bridgehead atoms. The second-order valence-corrected chi connectivity index (χ2v) is 15.7. The highest BCUT2D eigenvalue weighted by Gasteiger charge is 2.69. The van der Waals surface area contributed by atoms with E-state index < -0.39 is 5.92 Å². The van der Waals surface area contributed by atoms with Crippen LogP contribution in [-0.4, -0.2) is 41.7 Å². The number of anilines is 2. The van der Waals surface area contributed by atoms with Crippen LogP contribution in [-0.2, 0) is 14.4 Å². The van der Waals surface area contributed by atoms with Crippen LogP contribution in [0.2, 0.25) is 0 Å². The third kappa shape index (κ3) is 5.03. The van der Waals surface area contributed by atoms with Gasteiger partial charge in [0.2, 0.25) is 11.8 Å². The van der Waals surface area contributed by atoms with Gasteiger partial charge in [0.25, 0.3) is 5.91 Å². The van der Waals surface area contributed by atoms with Gasteiger partial charge in [-0.2, -0.15) is 0 Å². The van der Waals surface area contributed by atoms with Gasteiger partial charge in [0, 0.05) is 31.8 Å². The largest absolute Gasteiger partial charge is 0.497 e. The molecule has 3 heterocycles. The molecule has 0 spiro atoms. The molecule has 3 amide bonds. The van der Waals surface area contributed by atoms with E-state index in [1.165, 1.54) is 16.2 Å². The number of hydrogen-bond acceptors (Lipinski definition) is 8.